The lowest BCUT2D eigenvalue weighted by Crippen LogP contribution is -2.52. The number of halogens is 2. The highest BCUT2D eigenvalue weighted by atomic mass is 79.9. The first-order chi connectivity index (χ1) is 19.0. The maximum atomic E-state index is 14.0. The highest BCUT2D eigenvalue weighted by Gasteiger charge is 2.33. The van der Waals surface area contributed by atoms with Gasteiger partial charge in [-0.2, -0.15) is 0 Å². The number of nitrogens with one attached hydrogen (secondary N) is 1. The van der Waals surface area contributed by atoms with Crippen LogP contribution >= 0.6 is 27.5 Å². The first-order valence-corrected chi connectivity index (χ1v) is 15.8. The average molecular weight is 647 g/mol. The van der Waals surface area contributed by atoms with Gasteiger partial charge in [0.1, 0.15) is 12.6 Å². The van der Waals surface area contributed by atoms with Gasteiger partial charge in [0.05, 0.1) is 10.6 Å². The van der Waals surface area contributed by atoms with E-state index in [4.69, 9.17) is 11.6 Å². The van der Waals surface area contributed by atoms with Crippen LogP contribution in [0.15, 0.2) is 82.2 Å². The predicted octanol–water partition coefficient (Wildman–Crippen LogP) is 6.08. The lowest BCUT2D eigenvalue weighted by Gasteiger charge is -2.32. The van der Waals surface area contributed by atoms with Crippen molar-refractivity contribution in [3.05, 3.63) is 93.4 Å². The molecule has 1 atom stereocenters. The van der Waals surface area contributed by atoms with Crippen LogP contribution in [0.25, 0.3) is 0 Å². The SMILES string of the molecule is Cc1ccc(S(=O)(=O)N(CC(=O)N(Cc2ccc(Cl)cc2)C(C)C(=O)NC2CCCC2)c2ccc(Br)cc2)cc1. The molecule has 1 saturated carbocycles. The molecule has 1 aliphatic rings. The summed E-state index contributed by atoms with van der Waals surface area (Å²) in [7, 11) is -4.10. The highest BCUT2D eigenvalue weighted by molar-refractivity contribution is 9.10. The van der Waals surface area contributed by atoms with Crippen LogP contribution < -0.4 is 9.62 Å². The largest absolute Gasteiger partial charge is 0.352 e. The van der Waals surface area contributed by atoms with Gasteiger partial charge in [-0.3, -0.25) is 13.9 Å². The van der Waals surface area contributed by atoms with Crippen molar-refractivity contribution >= 4 is 55.1 Å². The van der Waals surface area contributed by atoms with Crippen molar-refractivity contribution < 1.29 is 18.0 Å². The Balaban J connectivity index is 1.67. The fraction of sp³-hybridized carbons (Fsp3) is 0.333. The number of aryl methyl sites for hydroxylation is 1. The number of rotatable bonds is 10. The Kier molecular flexibility index (Phi) is 9.92. The van der Waals surface area contributed by atoms with Gasteiger partial charge in [0.15, 0.2) is 0 Å². The van der Waals surface area contributed by atoms with Crippen LogP contribution in [0.2, 0.25) is 5.02 Å². The Labute approximate surface area is 249 Å². The standard InChI is InChI=1S/C30H33BrClN3O4S/c1-21-7-17-28(18-8-21)40(38,39)35(27-15-11-24(31)12-16-27)20-29(36)34(19-23-9-13-25(32)14-10-23)22(2)30(37)33-26-5-3-4-6-26/h7-18,22,26H,3-6,19-20H2,1-2H3,(H,33,37). The summed E-state index contributed by atoms with van der Waals surface area (Å²) in [6.07, 6.45) is 3.95. The van der Waals surface area contributed by atoms with Gasteiger partial charge in [-0.15, -0.1) is 0 Å². The van der Waals surface area contributed by atoms with Gasteiger partial charge in [0, 0.05) is 22.1 Å². The van der Waals surface area contributed by atoms with Crippen molar-refractivity contribution in [2.24, 2.45) is 0 Å². The maximum absolute atomic E-state index is 14.0. The fourth-order valence-corrected chi connectivity index (χ4v) is 6.54. The topological polar surface area (TPSA) is 86.8 Å². The lowest BCUT2D eigenvalue weighted by atomic mass is 10.1. The predicted molar refractivity (Wildman–Crippen MR) is 162 cm³/mol. The quantitative estimate of drug-likeness (QED) is 0.289. The van der Waals surface area contributed by atoms with Crippen molar-refractivity contribution in [1.82, 2.24) is 10.2 Å². The number of nitrogens with zero attached hydrogens (tertiary/aromatic N) is 2. The molecule has 0 bridgehead atoms. The number of benzene rings is 3. The van der Waals surface area contributed by atoms with Crippen LogP contribution in [0, 0.1) is 6.92 Å². The molecule has 1 fully saturated rings. The van der Waals surface area contributed by atoms with Gasteiger partial charge in [0.2, 0.25) is 11.8 Å². The number of hydrogen-bond acceptors (Lipinski definition) is 4. The number of anilines is 1. The van der Waals surface area contributed by atoms with Crippen LogP contribution in [0.5, 0.6) is 0 Å². The molecule has 3 aromatic rings. The van der Waals surface area contributed by atoms with Crippen molar-refractivity contribution in [2.45, 2.75) is 63.1 Å². The second-order valence-electron chi connectivity index (χ2n) is 10.1. The number of amides is 2. The molecule has 0 spiro atoms. The van der Waals surface area contributed by atoms with Gasteiger partial charge in [-0.25, -0.2) is 8.42 Å². The third kappa shape index (κ3) is 7.44. The van der Waals surface area contributed by atoms with E-state index in [1.807, 2.05) is 6.92 Å². The molecule has 10 heteroatoms. The molecule has 2 amide bonds. The summed E-state index contributed by atoms with van der Waals surface area (Å²) in [5, 5.41) is 3.63. The Bertz CT molecular complexity index is 1430. The molecule has 3 aromatic carbocycles. The molecular weight excluding hydrogens is 614 g/mol. The van der Waals surface area contributed by atoms with Crippen molar-refractivity contribution in [2.75, 3.05) is 10.8 Å². The summed E-state index contributed by atoms with van der Waals surface area (Å²) >= 11 is 9.45. The number of hydrogen-bond donors (Lipinski definition) is 1. The van der Waals surface area contributed by atoms with E-state index in [-0.39, 0.29) is 23.4 Å². The zero-order chi connectivity index (χ0) is 28.9. The summed E-state index contributed by atoms with van der Waals surface area (Å²) in [6, 6.07) is 19.5. The van der Waals surface area contributed by atoms with E-state index in [1.54, 1.807) is 67.6 Å². The second kappa shape index (κ2) is 13.2. The van der Waals surface area contributed by atoms with E-state index >= 15 is 0 Å². The van der Waals surface area contributed by atoms with Gasteiger partial charge in [-0.05, 0) is 80.8 Å². The van der Waals surface area contributed by atoms with E-state index in [0.29, 0.717) is 10.7 Å². The number of carbonyl (C=O) groups is 2. The van der Waals surface area contributed by atoms with Crippen molar-refractivity contribution in [1.29, 1.82) is 0 Å². The molecule has 7 nitrogen and oxygen atoms in total. The van der Waals surface area contributed by atoms with Gasteiger partial charge < -0.3 is 10.2 Å². The van der Waals surface area contributed by atoms with E-state index in [9.17, 15) is 18.0 Å². The lowest BCUT2D eigenvalue weighted by molar-refractivity contribution is -0.139. The molecule has 0 radical (unpaired) electrons. The van der Waals surface area contributed by atoms with Crippen LogP contribution in [-0.4, -0.2) is 43.8 Å². The summed E-state index contributed by atoms with van der Waals surface area (Å²) in [4.78, 5) is 28.8. The summed E-state index contributed by atoms with van der Waals surface area (Å²) in [5.41, 5.74) is 2.03. The highest BCUT2D eigenvalue weighted by Crippen LogP contribution is 2.27. The third-order valence-electron chi connectivity index (χ3n) is 7.14. The average Bonchev–Trinajstić information content (AvgIpc) is 3.44. The van der Waals surface area contributed by atoms with Crippen molar-refractivity contribution in [3.63, 3.8) is 0 Å². The maximum Gasteiger partial charge on any atom is 0.264 e. The van der Waals surface area contributed by atoms with Crippen LogP contribution in [0.3, 0.4) is 0 Å². The summed E-state index contributed by atoms with van der Waals surface area (Å²) in [5.74, 6) is -0.756. The van der Waals surface area contributed by atoms with E-state index < -0.39 is 28.5 Å². The number of sulfonamides is 1. The third-order valence-corrected chi connectivity index (χ3v) is 9.71. The molecular formula is C30H33BrClN3O4S. The molecule has 4 rings (SSSR count). The summed E-state index contributed by atoms with van der Waals surface area (Å²) in [6.45, 7) is 3.19. The zero-order valence-electron chi connectivity index (χ0n) is 22.5. The molecule has 0 aromatic heterocycles. The minimum absolute atomic E-state index is 0.0742. The zero-order valence-corrected chi connectivity index (χ0v) is 25.7. The Hall–Kier alpha value is -2.88. The van der Waals surface area contributed by atoms with Gasteiger partial charge >= 0.3 is 0 Å². The molecule has 0 saturated heterocycles. The molecule has 212 valence electrons. The van der Waals surface area contributed by atoms with Gasteiger partial charge in [-0.1, -0.05) is 70.2 Å². The fourth-order valence-electron chi connectivity index (χ4n) is 4.73. The molecule has 1 N–H and O–H groups in total. The molecule has 0 aliphatic heterocycles. The van der Waals surface area contributed by atoms with Crippen LogP contribution in [0.4, 0.5) is 5.69 Å². The van der Waals surface area contributed by atoms with E-state index in [0.717, 1.165) is 45.6 Å². The Morgan fingerprint density at radius 2 is 1.57 bits per heavy atom. The Morgan fingerprint density at radius 3 is 2.17 bits per heavy atom. The van der Waals surface area contributed by atoms with Crippen LogP contribution in [0.1, 0.15) is 43.7 Å². The Morgan fingerprint density at radius 1 is 0.975 bits per heavy atom. The summed E-state index contributed by atoms with van der Waals surface area (Å²) < 4.78 is 29.6. The first kappa shape index (κ1) is 30.1. The monoisotopic (exact) mass is 645 g/mol. The van der Waals surface area contributed by atoms with E-state index in [1.165, 1.54) is 17.0 Å². The normalized spacial score (nSPS) is 14.5. The molecule has 1 unspecified atom stereocenters. The minimum Gasteiger partial charge on any atom is -0.352 e. The molecule has 40 heavy (non-hydrogen) atoms. The van der Waals surface area contributed by atoms with E-state index in [2.05, 4.69) is 21.2 Å². The van der Waals surface area contributed by atoms with Crippen LogP contribution in [-0.2, 0) is 26.2 Å². The smallest absolute Gasteiger partial charge is 0.264 e. The van der Waals surface area contributed by atoms with Gasteiger partial charge in [0.25, 0.3) is 10.0 Å². The minimum atomic E-state index is -4.10. The second-order valence-corrected chi connectivity index (χ2v) is 13.3. The molecule has 1 aliphatic carbocycles. The molecule has 0 heterocycles. The first-order valence-electron chi connectivity index (χ1n) is 13.2. The number of carbonyl (C=O) groups excluding carboxylic acids is 2. The van der Waals surface area contributed by atoms with Crippen molar-refractivity contribution in [3.8, 4) is 0 Å².